The lowest BCUT2D eigenvalue weighted by atomic mass is 10.4. The van der Waals surface area contributed by atoms with E-state index in [-0.39, 0.29) is 5.13 Å². The predicted molar refractivity (Wildman–Crippen MR) is 50.2 cm³/mol. The fourth-order valence-corrected chi connectivity index (χ4v) is 1.61. The van der Waals surface area contributed by atoms with Crippen molar-refractivity contribution in [2.75, 3.05) is 5.32 Å². The molecule has 0 aliphatic rings. The minimum atomic E-state index is -1.53. The van der Waals surface area contributed by atoms with Crippen LogP contribution in [0.3, 0.4) is 0 Å². The maximum atomic E-state index is 10.7. The molecule has 1 aromatic heterocycles. The summed E-state index contributed by atoms with van der Waals surface area (Å²) in [6.45, 7) is 2.00. The Morgan fingerprint density at radius 2 is 2.21 bits per heavy atom. The van der Waals surface area contributed by atoms with Gasteiger partial charge in [0, 0.05) is 6.42 Å². The third-order valence-electron chi connectivity index (χ3n) is 1.35. The monoisotopic (exact) mass is 215 g/mol. The van der Waals surface area contributed by atoms with Gasteiger partial charge in [0.15, 0.2) is 0 Å². The number of hydrogen-bond acceptors (Lipinski definition) is 5. The summed E-state index contributed by atoms with van der Waals surface area (Å²) in [6.07, 6.45) is 1.71. The minimum Gasteiger partial charge on any atom is -0.474 e. The Labute approximate surface area is 84.0 Å². The van der Waals surface area contributed by atoms with Crippen molar-refractivity contribution in [2.24, 2.45) is 0 Å². The summed E-state index contributed by atoms with van der Waals surface area (Å²) >= 11 is 1.19. The maximum absolute atomic E-state index is 10.7. The summed E-state index contributed by atoms with van der Waals surface area (Å²) < 4.78 is 0. The first kappa shape index (κ1) is 10.6. The number of amides is 1. The summed E-state index contributed by atoms with van der Waals surface area (Å²) in [5.74, 6) is -2.62. The highest BCUT2D eigenvalue weighted by atomic mass is 32.1. The third-order valence-corrected chi connectivity index (χ3v) is 2.24. The van der Waals surface area contributed by atoms with Gasteiger partial charge in [0.05, 0.1) is 0 Å². The molecule has 0 radical (unpaired) electrons. The van der Waals surface area contributed by atoms with Gasteiger partial charge in [-0.3, -0.25) is 10.1 Å². The van der Waals surface area contributed by atoms with Gasteiger partial charge in [0.1, 0.15) is 5.01 Å². The molecule has 1 heterocycles. The number of aryl methyl sites for hydroxylation is 1. The fraction of sp³-hybridized carbons (Fsp3) is 0.429. The van der Waals surface area contributed by atoms with E-state index in [2.05, 4.69) is 15.5 Å². The lowest BCUT2D eigenvalue weighted by molar-refractivity contribution is -0.147. The number of carbonyl (C=O) groups excluding carboxylic acids is 1. The van der Waals surface area contributed by atoms with Crippen LogP contribution >= 0.6 is 11.3 Å². The highest BCUT2D eigenvalue weighted by molar-refractivity contribution is 7.15. The Kier molecular flexibility index (Phi) is 3.52. The molecule has 0 unspecified atom stereocenters. The zero-order valence-corrected chi connectivity index (χ0v) is 8.30. The SMILES string of the molecule is CCCc1nnc(NC(=O)C(=O)O)s1. The van der Waals surface area contributed by atoms with Crippen molar-refractivity contribution in [3.05, 3.63) is 5.01 Å². The Morgan fingerprint density at radius 1 is 1.50 bits per heavy atom. The molecule has 2 N–H and O–H groups in total. The molecular weight excluding hydrogens is 206 g/mol. The topological polar surface area (TPSA) is 92.2 Å². The van der Waals surface area contributed by atoms with Gasteiger partial charge in [-0.25, -0.2) is 4.79 Å². The first-order chi connectivity index (χ1) is 6.63. The van der Waals surface area contributed by atoms with Crippen LogP contribution in [0.4, 0.5) is 5.13 Å². The second-order valence-electron chi connectivity index (χ2n) is 2.51. The summed E-state index contributed by atoms with van der Waals surface area (Å²) in [4.78, 5) is 20.9. The number of rotatable bonds is 3. The molecule has 1 amide bonds. The molecule has 0 atom stereocenters. The van der Waals surface area contributed by atoms with Crippen molar-refractivity contribution in [1.82, 2.24) is 10.2 Å². The van der Waals surface area contributed by atoms with Gasteiger partial charge in [-0.15, -0.1) is 10.2 Å². The minimum absolute atomic E-state index is 0.223. The van der Waals surface area contributed by atoms with Crippen LogP contribution in [0.25, 0.3) is 0 Å². The molecule has 0 saturated carbocycles. The van der Waals surface area contributed by atoms with E-state index in [1.165, 1.54) is 11.3 Å². The summed E-state index contributed by atoms with van der Waals surface area (Å²) in [5.41, 5.74) is 0. The average Bonchev–Trinajstić information content (AvgIpc) is 2.53. The van der Waals surface area contributed by atoms with Crippen LogP contribution in [0, 0.1) is 0 Å². The van der Waals surface area contributed by atoms with E-state index >= 15 is 0 Å². The van der Waals surface area contributed by atoms with Crippen molar-refractivity contribution in [1.29, 1.82) is 0 Å². The fourth-order valence-electron chi connectivity index (χ4n) is 0.770. The number of nitrogens with one attached hydrogen (secondary N) is 1. The first-order valence-electron chi connectivity index (χ1n) is 4.00. The van der Waals surface area contributed by atoms with Crippen LogP contribution in [0.5, 0.6) is 0 Å². The zero-order valence-electron chi connectivity index (χ0n) is 7.48. The van der Waals surface area contributed by atoms with E-state index < -0.39 is 11.9 Å². The van der Waals surface area contributed by atoms with Gasteiger partial charge < -0.3 is 5.11 Å². The van der Waals surface area contributed by atoms with Gasteiger partial charge in [-0.1, -0.05) is 18.3 Å². The van der Waals surface area contributed by atoms with E-state index in [1.54, 1.807) is 0 Å². The van der Waals surface area contributed by atoms with E-state index in [0.717, 1.165) is 17.8 Å². The number of aliphatic carboxylic acids is 1. The molecule has 14 heavy (non-hydrogen) atoms. The van der Waals surface area contributed by atoms with Gasteiger partial charge in [-0.05, 0) is 6.42 Å². The van der Waals surface area contributed by atoms with Crippen LogP contribution in [-0.4, -0.2) is 27.2 Å². The van der Waals surface area contributed by atoms with Crippen LogP contribution in [-0.2, 0) is 16.0 Å². The Hall–Kier alpha value is -1.50. The Balaban J connectivity index is 2.59. The molecule has 0 fully saturated rings. The standard InChI is InChI=1S/C7H9N3O3S/c1-2-3-4-9-10-7(14-4)8-5(11)6(12)13/h2-3H2,1H3,(H,12,13)(H,8,10,11). The molecule has 76 valence electrons. The van der Waals surface area contributed by atoms with Crippen molar-refractivity contribution in [3.8, 4) is 0 Å². The maximum Gasteiger partial charge on any atom is 0.394 e. The Bertz CT molecular complexity index is 350. The number of carboxylic acids is 1. The zero-order chi connectivity index (χ0) is 10.6. The van der Waals surface area contributed by atoms with Crippen molar-refractivity contribution in [2.45, 2.75) is 19.8 Å². The second-order valence-corrected chi connectivity index (χ2v) is 3.57. The number of carboxylic acid groups (broad SMARTS) is 1. The number of nitrogens with zero attached hydrogens (tertiary/aromatic N) is 2. The molecule has 0 spiro atoms. The van der Waals surface area contributed by atoms with E-state index in [9.17, 15) is 9.59 Å². The highest BCUT2D eigenvalue weighted by Gasteiger charge is 2.13. The number of anilines is 1. The molecule has 0 bridgehead atoms. The van der Waals surface area contributed by atoms with Crippen molar-refractivity contribution >= 4 is 28.3 Å². The van der Waals surface area contributed by atoms with Crippen molar-refractivity contribution in [3.63, 3.8) is 0 Å². The molecule has 1 rings (SSSR count). The normalized spacial score (nSPS) is 9.79. The molecule has 0 saturated heterocycles. The molecule has 7 heteroatoms. The largest absolute Gasteiger partial charge is 0.474 e. The van der Waals surface area contributed by atoms with E-state index in [1.807, 2.05) is 6.92 Å². The quantitative estimate of drug-likeness (QED) is 0.717. The molecule has 6 nitrogen and oxygen atoms in total. The number of carbonyl (C=O) groups is 2. The summed E-state index contributed by atoms with van der Waals surface area (Å²) in [7, 11) is 0. The summed E-state index contributed by atoms with van der Waals surface area (Å²) in [5, 5.41) is 18.8. The van der Waals surface area contributed by atoms with E-state index in [4.69, 9.17) is 5.11 Å². The molecule has 0 aromatic carbocycles. The number of aromatic nitrogens is 2. The highest BCUT2D eigenvalue weighted by Crippen LogP contribution is 2.16. The van der Waals surface area contributed by atoms with Gasteiger partial charge in [0.25, 0.3) is 0 Å². The van der Waals surface area contributed by atoms with Crippen LogP contribution in [0.15, 0.2) is 0 Å². The lowest BCUT2D eigenvalue weighted by Crippen LogP contribution is -2.21. The second kappa shape index (κ2) is 4.66. The molecule has 1 aromatic rings. The van der Waals surface area contributed by atoms with E-state index in [0.29, 0.717) is 0 Å². The van der Waals surface area contributed by atoms with Crippen LogP contribution < -0.4 is 5.32 Å². The van der Waals surface area contributed by atoms with Crippen LogP contribution in [0.1, 0.15) is 18.4 Å². The van der Waals surface area contributed by atoms with Gasteiger partial charge >= 0.3 is 11.9 Å². The summed E-state index contributed by atoms with van der Waals surface area (Å²) in [6, 6.07) is 0. The molecule has 0 aliphatic heterocycles. The third kappa shape index (κ3) is 2.77. The van der Waals surface area contributed by atoms with Crippen molar-refractivity contribution < 1.29 is 14.7 Å². The Morgan fingerprint density at radius 3 is 2.79 bits per heavy atom. The average molecular weight is 215 g/mol. The molecular formula is C7H9N3O3S. The lowest BCUT2D eigenvalue weighted by Gasteiger charge is -1.92. The number of hydrogen-bond donors (Lipinski definition) is 2. The van der Waals surface area contributed by atoms with Gasteiger partial charge in [0.2, 0.25) is 5.13 Å². The predicted octanol–water partition coefficient (Wildman–Crippen LogP) is 0.514. The molecule has 0 aliphatic carbocycles. The van der Waals surface area contributed by atoms with Crippen LogP contribution in [0.2, 0.25) is 0 Å². The smallest absolute Gasteiger partial charge is 0.394 e. The van der Waals surface area contributed by atoms with Gasteiger partial charge in [-0.2, -0.15) is 0 Å². The first-order valence-corrected chi connectivity index (χ1v) is 4.81.